The van der Waals surface area contributed by atoms with Gasteiger partial charge >= 0.3 is 0 Å². The Hall–Kier alpha value is -4.09. The molecule has 3 heterocycles. The van der Waals surface area contributed by atoms with Crippen molar-refractivity contribution in [3.63, 3.8) is 0 Å². The summed E-state index contributed by atoms with van der Waals surface area (Å²) in [6.45, 7) is 6.17. The number of fused-ring (bicyclic) bond motifs is 2. The molecule has 0 aliphatic carbocycles. The Balaban J connectivity index is 1.68. The van der Waals surface area contributed by atoms with Crippen LogP contribution < -0.4 is 26.1 Å². The SMILES string of the molecule is CCC(C)[C@@H]1NC(=O)[C@H](Cc2cn(OC)c3ccccc23)NC(=O)[C@H](CCCCNC(C)=O)NC(=O)[C@H]2CCCCN2C1=O. The number of para-hydroxylation sites is 1. The monoisotopic (exact) mass is 610 g/mol. The van der Waals surface area contributed by atoms with E-state index in [1.54, 1.807) is 22.9 Å². The van der Waals surface area contributed by atoms with E-state index in [2.05, 4.69) is 21.3 Å². The first-order chi connectivity index (χ1) is 21.1. The van der Waals surface area contributed by atoms with Gasteiger partial charge in [0.05, 0.1) is 5.52 Å². The lowest BCUT2D eigenvalue weighted by Crippen LogP contribution is -2.64. The predicted molar refractivity (Wildman–Crippen MR) is 165 cm³/mol. The number of aromatic nitrogens is 1. The van der Waals surface area contributed by atoms with Crippen LogP contribution in [0.3, 0.4) is 0 Å². The van der Waals surface area contributed by atoms with Crippen LogP contribution in [0.1, 0.15) is 71.3 Å². The van der Waals surface area contributed by atoms with Crippen LogP contribution in [0.2, 0.25) is 0 Å². The van der Waals surface area contributed by atoms with Gasteiger partial charge in [0.25, 0.3) is 0 Å². The molecule has 0 spiro atoms. The Labute approximate surface area is 258 Å². The van der Waals surface area contributed by atoms with Gasteiger partial charge in [0.1, 0.15) is 31.3 Å². The normalized spacial score (nSPS) is 23.9. The van der Waals surface area contributed by atoms with E-state index in [9.17, 15) is 24.0 Å². The number of carbonyl (C=O) groups is 5. The van der Waals surface area contributed by atoms with Gasteiger partial charge in [-0.1, -0.05) is 38.5 Å². The zero-order valence-corrected chi connectivity index (χ0v) is 26.2. The highest BCUT2D eigenvalue weighted by molar-refractivity contribution is 5.98. The minimum absolute atomic E-state index is 0.136. The van der Waals surface area contributed by atoms with Crippen LogP contribution in [-0.4, -0.2) is 83.5 Å². The van der Waals surface area contributed by atoms with Gasteiger partial charge in [0, 0.05) is 38.0 Å². The minimum Gasteiger partial charge on any atom is -0.417 e. The molecule has 1 aromatic carbocycles. The molecule has 12 heteroatoms. The van der Waals surface area contributed by atoms with Crippen molar-refractivity contribution in [2.24, 2.45) is 5.92 Å². The Morgan fingerprint density at radius 2 is 1.75 bits per heavy atom. The van der Waals surface area contributed by atoms with Gasteiger partial charge in [-0.05, 0) is 56.1 Å². The summed E-state index contributed by atoms with van der Waals surface area (Å²) in [5.74, 6) is -1.90. The maximum absolute atomic E-state index is 14.0. The third-order valence-corrected chi connectivity index (χ3v) is 8.81. The fraction of sp³-hybridized carbons (Fsp3) is 0.594. The average molecular weight is 611 g/mol. The fourth-order valence-corrected chi connectivity index (χ4v) is 6.09. The smallest absolute Gasteiger partial charge is 0.246 e. The maximum Gasteiger partial charge on any atom is 0.246 e. The molecule has 5 amide bonds. The van der Waals surface area contributed by atoms with Crippen molar-refractivity contribution in [2.75, 3.05) is 20.2 Å². The predicted octanol–water partition coefficient (Wildman–Crippen LogP) is 1.44. The lowest BCUT2D eigenvalue weighted by Gasteiger charge is -2.39. The van der Waals surface area contributed by atoms with E-state index in [1.807, 2.05) is 38.1 Å². The van der Waals surface area contributed by atoms with Crippen LogP contribution >= 0.6 is 0 Å². The molecule has 12 nitrogen and oxygen atoms in total. The molecule has 1 unspecified atom stereocenters. The third kappa shape index (κ3) is 7.70. The molecule has 1 aromatic heterocycles. The number of amides is 5. The summed E-state index contributed by atoms with van der Waals surface area (Å²) in [7, 11) is 1.55. The molecule has 4 rings (SSSR count). The van der Waals surface area contributed by atoms with Gasteiger partial charge in [-0.15, -0.1) is 0 Å². The van der Waals surface area contributed by atoms with Crippen molar-refractivity contribution < 1.29 is 28.8 Å². The zero-order valence-electron chi connectivity index (χ0n) is 26.2. The van der Waals surface area contributed by atoms with Gasteiger partial charge in [0.2, 0.25) is 29.5 Å². The molecular formula is C32H46N6O6. The summed E-state index contributed by atoms with van der Waals surface area (Å²) in [4.78, 5) is 73.9. The van der Waals surface area contributed by atoms with E-state index in [-0.39, 0.29) is 30.1 Å². The molecule has 0 bridgehead atoms. The molecule has 240 valence electrons. The highest BCUT2D eigenvalue weighted by atomic mass is 16.6. The van der Waals surface area contributed by atoms with Crippen LogP contribution in [0, 0.1) is 5.92 Å². The van der Waals surface area contributed by atoms with Gasteiger partial charge in [-0.3, -0.25) is 24.0 Å². The van der Waals surface area contributed by atoms with E-state index >= 15 is 0 Å². The number of hydrogen-bond donors (Lipinski definition) is 4. The van der Waals surface area contributed by atoms with Crippen molar-refractivity contribution in [3.8, 4) is 0 Å². The maximum atomic E-state index is 14.0. The second kappa shape index (κ2) is 15.1. The highest BCUT2D eigenvalue weighted by Crippen LogP contribution is 2.24. The summed E-state index contributed by atoms with van der Waals surface area (Å²) in [5.41, 5.74) is 1.60. The molecule has 4 N–H and O–H groups in total. The summed E-state index contributed by atoms with van der Waals surface area (Å²) < 4.78 is 1.61. The lowest BCUT2D eigenvalue weighted by molar-refractivity contribution is -0.147. The number of nitrogens with one attached hydrogen (secondary N) is 4. The summed E-state index contributed by atoms with van der Waals surface area (Å²) in [5, 5.41) is 12.4. The number of hydrogen-bond acceptors (Lipinski definition) is 6. The molecule has 5 atom stereocenters. The van der Waals surface area contributed by atoms with E-state index in [4.69, 9.17) is 4.84 Å². The molecule has 2 aliphatic rings. The molecule has 44 heavy (non-hydrogen) atoms. The number of carbonyl (C=O) groups excluding carboxylic acids is 5. The van der Waals surface area contributed by atoms with Crippen LogP contribution in [-0.2, 0) is 30.4 Å². The largest absolute Gasteiger partial charge is 0.417 e. The first kappa shape index (κ1) is 32.8. The zero-order chi connectivity index (χ0) is 31.8. The van der Waals surface area contributed by atoms with Gasteiger partial charge in [-0.2, -0.15) is 4.73 Å². The van der Waals surface area contributed by atoms with Crippen LogP contribution in [0.5, 0.6) is 0 Å². The van der Waals surface area contributed by atoms with E-state index in [1.165, 1.54) is 6.92 Å². The lowest BCUT2D eigenvalue weighted by atomic mass is 9.93. The van der Waals surface area contributed by atoms with Crippen LogP contribution in [0.25, 0.3) is 10.9 Å². The van der Waals surface area contributed by atoms with E-state index in [0.717, 1.165) is 29.3 Å². The number of piperidine rings is 1. The Morgan fingerprint density at radius 1 is 1.02 bits per heavy atom. The molecule has 0 saturated carbocycles. The summed E-state index contributed by atoms with van der Waals surface area (Å²) in [6, 6.07) is 4.12. The Bertz CT molecular complexity index is 1360. The standard InChI is InChI=1S/C32H46N6O6/c1-5-20(2)28-32(43)37-17-11-9-15-27(37)31(42)34-24(13-8-10-16-33-21(3)39)29(40)35-25(30(41)36-28)18-22-19-38(44-4)26-14-7-6-12-23(22)26/h6-7,12,14,19-20,24-25,27-28H,5,8-11,13,15-18H2,1-4H3,(H,33,39)(H,34,42)(H,35,40)(H,36,41)/t20?,24-,25-,27+,28-/m0/s1. The average Bonchev–Trinajstić information content (AvgIpc) is 3.38. The second-order valence-electron chi connectivity index (χ2n) is 11.9. The summed E-state index contributed by atoms with van der Waals surface area (Å²) >= 11 is 0. The van der Waals surface area contributed by atoms with Crippen molar-refractivity contribution >= 4 is 40.4 Å². The summed E-state index contributed by atoms with van der Waals surface area (Å²) in [6.07, 6.45) is 6.09. The number of benzene rings is 1. The molecule has 2 aromatic rings. The van der Waals surface area contributed by atoms with Crippen molar-refractivity contribution in [3.05, 3.63) is 36.0 Å². The number of unbranched alkanes of at least 4 members (excludes halogenated alkanes) is 1. The van der Waals surface area contributed by atoms with Gasteiger partial charge in [-0.25, -0.2) is 0 Å². The van der Waals surface area contributed by atoms with Crippen LogP contribution in [0.15, 0.2) is 30.5 Å². The number of nitrogens with zero attached hydrogens (tertiary/aromatic N) is 2. The third-order valence-electron chi connectivity index (χ3n) is 8.81. The van der Waals surface area contributed by atoms with Crippen molar-refractivity contribution in [2.45, 2.75) is 96.3 Å². The highest BCUT2D eigenvalue weighted by Gasteiger charge is 2.40. The molecule has 2 saturated heterocycles. The first-order valence-electron chi connectivity index (χ1n) is 15.7. The Kier molecular flexibility index (Phi) is 11.2. The Morgan fingerprint density at radius 3 is 2.48 bits per heavy atom. The fourth-order valence-electron chi connectivity index (χ4n) is 6.09. The topological polar surface area (TPSA) is 151 Å². The van der Waals surface area contributed by atoms with Gasteiger partial charge in [0.15, 0.2) is 0 Å². The van der Waals surface area contributed by atoms with Crippen molar-refractivity contribution in [1.82, 2.24) is 30.9 Å². The van der Waals surface area contributed by atoms with Gasteiger partial charge < -0.3 is 31.0 Å². The molecule has 2 aliphatic heterocycles. The second-order valence-corrected chi connectivity index (χ2v) is 11.9. The molecule has 2 fully saturated rings. The van der Waals surface area contributed by atoms with E-state index < -0.39 is 36.0 Å². The first-order valence-corrected chi connectivity index (χ1v) is 15.7. The van der Waals surface area contributed by atoms with Crippen molar-refractivity contribution in [1.29, 1.82) is 0 Å². The van der Waals surface area contributed by atoms with E-state index in [0.29, 0.717) is 45.2 Å². The van der Waals surface area contributed by atoms with Crippen LogP contribution in [0.4, 0.5) is 0 Å². The number of rotatable bonds is 10. The quantitative estimate of drug-likeness (QED) is 0.299. The molecular weight excluding hydrogens is 564 g/mol. The molecule has 0 radical (unpaired) electrons. The minimum atomic E-state index is -1.02.